The van der Waals surface area contributed by atoms with Crippen LogP contribution in [0.2, 0.25) is 0 Å². The number of hydrogen-bond donors (Lipinski definition) is 2. The third kappa shape index (κ3) is 3.12. The van der Waals surface area contributed by atoms with Gasteiger partial charge in [-0.1, -0.05) is 36.4 Å². The number of sulfonamides is 1. The fourth-order valence-corrected chi connectivity index (χ4v) is 3.54. The second-order valence-corrected chi connectivity index (χ2v) is 6.80. The number of aliphatic hydroxyl groups excluding tert-OH is 1. The van der Waals surface area contributed by atoms with E-state index in [1.165, 1.54) is 12.3 Å². The van der Waals surface area contributed by atoms with E-state index in [0.717, 1.165) is 12.0 Å². The molecular weight excluding hydrogens is 288 g/mol. The summed E-state index contributed by atoms with van der Waals surface area (Å²) in [7, 11) is -3.61. The van der Waals surface area contributed by atoms with Crippen molar-refractivity contribution in [2.45, 2.75) is 30.0 Å². The van der Waals surface area contributed by atoms with E-state index in [4.69, 9.17) is 5.11 Å². The molecule has 1 aromatic carbocycles. The molecule has 6 heteroatoms. The molecule has 2 aromatic rings. The minimum atomic E-state index is -3.61. The Balaban J connectivity index is 1.70. The normalized spacial score (nSPS) is 21.2. The van der Waals surface area contributed by atoms with Gasteiger partial charge in [0.15, 0.2) is 5.03 Å². The molecule has 0 spiro atoms. The summed E-state index contributed by atoms with van der Waals surface area (Å²) in [5.41, 5.74) is 1.73. The molecule has 0 amide bonds. The summed E-state index contributed by atoms with van der Waals surface area (Å²) >= 11 is 0. The molecule has 110 valence electrons. The first-order chi connectivity index (χ1) is 10.1. The highest BCUT2D eigenvalue weighted by molar-refractivity contribution is 7.89. The lowest BCUT2D eigenvalue weighted by Crippen LogP contribution is -2.27. The molecular formula is C15H16N2O3S. The Morgan fingerprint density at radius 3 is 2.57 bits per heavy atom. The third-order valence-electron chi connectivity index (χ3n) is 3.58. The zero-order valence-electron chi connectivity index (χ0n) is 11.3. The Labute approximate surface area is 123 Å². The fraction of sp³-hybridized carbons (Fsp3) is 0.267. The van der Waals surface area contributed by atoms with Crippen LogP contribution in [0.1, 0.15) is 23.5 Å². The van der Waals surface area contributed by atoms with Crippen molar-refractivity contribution in [2.24, 2.45) is 0 Å². The minimum Gasteiger partial charge on any atom is -0.392 e. The summed E-state index contributed by atoms with van der Waals surface area (Å²) in [6, 6.07) is 12.8. The van der Waals surface area contributed by atoms with Gasteiger partial charge in [-0.05, 0) is 23.6 Å². The van der Waals surface area contributed by atoms with Gasteiger partial charge < -0.3 is 5.11 Å². The van der Waals surface area contributed by atoms with Gasteiger partial charge in [-0.3, -0.25) is 0 Å². The van der Waals surface area contributed by atoms with Crippen LogP contribution in [-0.2, 0) is 16.6 Å². The lowest BCUT2D eigenvalue weighted by molar-refractivity contribution is 0.281. The minimum absolute atomic E-state index is 0.0154. The van der Waals surface area contributed by atoms with Gasteiger partial charge in [0.2, 0.25) is 0 Å². The van der Waals surface area contributed by atoms with Crippen LogP contribution in [0, 0.1) is 0 Å². The summed E-state index contributed by atoms with van der Waals surface area (Å²) < 4.78 is 27.1. The number of pyridine rings is 1. The van der Waals surface area contributed by atoms with Crippen molar-refractivity contribution < 1.29 is 13.5 Å². The molecule has 1 heterocycles. The average Bonchev–Trinajstić information content (AvgIpc) is 3.26. The molecule has 1 aromatic heterocycles. The fourth-order valence-electron chi connectivity index (χ4n) is 2.32. The molecule has 0 saturated heterocycles. The molecule has 0 radical (unpaired) electrons. The summed E-state index contributed by atoms with van der Waals surface area (Å²) in [4.78, 5) is 3.89. The number of aliphatic hydroxyl groups is 1. The van der Waals surface area contributed by atoms with Crippen molar-refractivity contribution in [3.63, 3.8) is 0 Å². The van der Waals surface area contributed by atoms with Crippen molar-refractivity contribution in [1.29, 1.82) is 0 Å². The number of benzene rings is 1. The maximum Gasteiger partial charge on any atom is 0.258 e. The van der Waals surface area contributed by atoms with Gasteiger partial charge in [-0.2, -0.15) is 0 Å². The number of rotatable bonds is 5. The Morgan fingerprint density at radius 2 is 1.95 bits per heavy atom. The molecule has 0 aliphatic heterocycles. The van der Waals surface area contributed by atoms with E-state index in [1.54, 1.807) is 6.07 Å². The molecule has 1 aliphatic carbocycles. The molecule has 5 nitrogen and oxygen atoms in total. The van der Waals surface area contributed by atoms with Gasteiger partial charge in [-0.25, -0.2) is 18.1 Å². The number of nitrogens with zero attached hydrogens (tertiary/aromatic N) is 1. The predicted molar refractivity (Wildman–Crippen MR) is 78.1 cm³/mol. The van der Waals surface area contributed by atoms with Crippen molar-refractivity contribution in [2.75, 3.05) is 0 Å². The molecule has 3 rings (SSSR count). The smallest absolute Gasteiger partial charge is 0.258 e. The lowest BCUT2D eigenvalue weighted by atomic mass is 10.1. The SMILES string of the molecule is O=S(=O)(NC1CC1c1ccccc1)c1ccc(CO)cn1. The Morgan fingerprint density at radius 1 is 1.19 bits per heavy atom. The van der Waals surface area contributed by atoms with E-state index in [9.17, 15) is 8.42 Å². The van der Waals surface area contributed by atoms with Gasteiger partial charge in [0.05, 0.1) is 6.61 Å². The van der Waals surface area contributed by atoms with E-state index in [2.05, 4.69) is 9.71 Å². The highest BCUT2D eigenvalue weighted by Gasteiger charge is 2.41. The largest absolute Gasteiger partial charge is 0.392 e. The maximum absolute atomic E-state index is 12.2. The van der Waals surface area contributed by atoms with E-state index >= 15 is 0 Å². The molecule has 1 saturated carbocycles. The highest BCUT2D eigenvalue weighted by atomic mass is 32.2. The van der Waals surface area contributed by atoms with E-state index in [-0.39, 0.29) is 23.6 Å². The first kappa shape index (κ1) is 14.2. The molecule has 1 fully saturated rings. The first-order valence-electron chi connectivity index (χ1n) is 6.73. The summed E-state index contributed by atoms with van der Waals surface area (Å²) in [6.45, 7) is -0.153. The number of hydrogen-bond acceptors (Lipinski definition) is 4. The molecule has 2 atom stereocenters. The second kappa shape index (κ2) is 5.55. The van der Waals surface area contributed by atoms with Gasteiger partial charge >= 0.3 is 0 Å². The van der Waals surface area contributed by atoms with E-state index in [0.29, 0.717) is 5.56 Å². The van der Waals surface area contributed by atoms with Gasteiger partial charge in [0.25, 0.3) is 10.0 Å². The van der Waals surface area contributed by atoms with E-state index in [1.807, 2.05) is 30.3 Å². The summed E-state index contributed by atoms with van der Waals surface area (Å²) in [5.74, 6) is 0.234. The molecule has 21 heavy (non-hydrogen) atoms. The van der Waals surface area contributed by atoms with E-state index < -0.39 is 10.0 Å². The summed E-state index contributed by atoms with van der Waals surface area (Å²) in [5, 5.41) is 8.93. The molecule has 0 bridgehead atoms. The van der Waals surface area contributed by atoms with Crippen LogP contribution in [0.4, 0.5) is 0 Å². The van der Waals surface area contributed by atoms with Crippen LogP contribution >= 0.6 is 0 Å². The van der Waals surface area contributed by atoms with Crippen LogP contribution in [0.25, 0.3) is 0 Å². The zero-order valence-corrected chi connectivity index (χ0v) is 12.1. The Kier molecular flexibility index (Phi) is 3.75. The Bertz CT molecular complexity index is 714. The van der Waals surface area contributed by atoms with Gasteiger partial charge in [0, 0.05) is 18.2 Å². The van der Waals surface area contributed by atoms with Crippen LogP contribution < -0.4 is 4.72 Å². The molecule has 1 aliphatic rings. The van der Waals surface area contributed by atoms with Crippen LogP contribution in [-0.4, -0.2) is 24.6 Å². The van der Waals surface area contributed by atoms with Gasteiger partial charge in [-0.15, -0.1) is 0 Å². The monoisotopic (exact) mass is 304 g/mol. The number of aromatic nitrogens is 1. The topological polar surface area (TPSA) is 79.3 Å². The second-order valence-electron chi connectivity index (χ2n) is 5.14. The van der Waals surface area contributed by atoms with Crippen molar-refractivity contribution >= 4 is 10.0 Å². The highest BCUT2D eigenvalue weighted by Crippen LogP contribution is 2.41. The van der Waals surface area contributed by atoms with Crippen LogP contribution in [0.3, 0.4) is 0 Å². The first-order valence-corrected chi connectivity index (χ1v) is 8.21. The van der Waals surface area contributed by atoms with Crippen molar-refractivity contribution in [3.05, 3.63) is 59.8 Å². The zero-order chi connectivity index (χ0) is 14.9. The maximum atomic E-state index is 12.2. The van der Waals surface area contributed by atoms with Crippen LogP contribution in [0.5, 0.6) is 0 Å². The predicted octanol–water partition coefficient (Wildman–Crippen LogP) is 1.41. The molecule has 2 N–H and O–H groups in total. The van der Waals surface area contributed by atoms with Crippen molar-refractivity contribution in [3.8, 4) is 0 Å². The molecule has 2 unspecified atom stereocenters. The third-order valence-corrected chi connectivity index (χ3v) is 4.99. The lowest BCUT2D eigenvalue weighted by Gasteiger charge is -2.06. The quantitative estimate of drug-likeness (QED) is 0.875. The van der Waals surface area contributed by atoms with Gasteiger partial charge in [0.1, 0.15) is 0 Å². The van der Waals surface area contributed by atoms with Crippen LogP contribution in [0.15, 0.2) is 53.7 Å². The van der Waals surface area contributed by atoms with Crippen molar-refractivity contribution in [1.82, 2.24) is 9.71 Å². The summed E-state index contributed by atoms with van der Waals surface area (Å²) in [6.07, 6.45) is 2.17. The Hall–Kier alpha value is -1.76. The number of nitrogens with one attached hydrogen (secondary N) is 1. The standard InChI is InChI=1S/C15H16N2O3S/c18-10-11-6-7-15(16-9-11)21(19,20)17-14-8-13(14)12-4-2-1-3-5-12/h1-7,9,13-14,17-18H,8,10H2. The average molecular weight is 304 g/mol.